The fraction of sp³-hybridized carbons (Fsp3) is 0.545. The highest BCUT2D eigenvalue weighted by atomic mass is 32.2. The third-order valence-corrected chi connectivity index (χ3v) is 5.63. The van der Waals surface area contributed by atoms with E-state index in [1.54, 1.807) is 0 Å². The maximum Gasteiger partial charge on any atom is 0.261 e. The number of thiophene rings is 1. The van der Waals surface area contributed by atoms with E-state index in [-0.39, 0.29) is 21.5 Å². The van der Waals surface area contributed by atoms with Crippen LogP contribution in [0.4, 0.5) is 10.7 Å². The van der Waals surface area contributed by atoms with E-state index < -0.39 is 15.7 Å². The van der Waals surface area contributed by atoms with Crippen LogP contribution in [0.5, 0.6) is 0 Å². The van der Waals surface area contributed by atoms with E-state index >= 15 is 0 Å². The summed E-state index contributed by atoms with van der Waals surface area (Å²) in [6.45, 7) is 0. The van der Waals surface area contributed by atoms with Crippen LogP contribution in [0.3, 0.4) is 0 Å². The second kappa shape index (κ2) is 5.01. The number of carbonyl (C=O) groups excluding carboxylic acids is 1. The van der Waals surface area contributed by atoms with Crippen molar-refractivity contribution < 1.29 is 13.2 Å². The van der Waals surface area contributed by atoms with Gasteiger partial charge in [-0.25, -0.2) is 8.42 Å². The standard InChI is InChI=1S/C11H17N3O3S2/c1-19(16,17)9-7(12)8(10(13)15)18-11(9)14-6-4-2-3-5-6/h6,14H,2-5,12H2,1H3,(H2,13,15). The Bertz CT molecular complexity index is 601. The Morgan fingerprint density at radius 2 is 1.95 bits per heavy atom. The van der Waals surface area contributed by atoms with Gasteiger partial charge in [-0.1, -0.05) is 12.8 Å². The number of primary amides is 1. The van der Waals surface area contributed by atoms with Gasteiger partial charge in [-0.05, 0) is 12.8 Å². The van der Waals surface area contributed by atoms with Crippen molar-refractivity contribution in [2.45, 2.75) is 36.6 Å². The summed E-state index contributed by atoms with van der Waals surface area (Å²) >= 11 is 1.02. The Labute approximate surface area is 116 Å². The average molecular weight is 303 g/mol. The smallest absolute Gasteiger partial charge is 0.261 e. The first kappa shape index (κ1) is 14.1. The summed E-state index contributed by atoms with van der Waals surface area (Å²) in [6, 6.07) is 0.235. The predicted molar refractivity (Wildman–Crippen MR) is 76.2 cm³/mol. The number of nitrogens with two attached hydrogens (primary N) is 2. The molecule has 0 radical (unpaired) electrons. The first-order chi connectivity index (χ1) is 8.80. The molecule has 6 nitrogen and oxygen atoms in total. The van der Waals surface area contributed by atoms with Crippen molar-refractivity contribution in [3.63, 3.8) is 0 Å². The Hall–Kier alpha value is -1.28. The van der Waals surface area contributed by atoms with Crippen molar-refractivity contribution in [2.24, 2.45) is 5.73 Å². The number of hydrogen-bond donors (Lipinski definition) is 3. The van der Waals surface area contributed by atoms with Gasteiger partial charge in [0.2, 0.25) is 0 Å². The van der Waals surface area contributed by atoms with Crippen molar-refractivity contribution in [3.05, 3.63) is 4.88 Å². The molecule has 1 aromatic rings. The van der Waals surface area contributed by atoms with E-state index in [2.05, 4.69) is 5.32 Å². The molecule has 0 unspecified atom stereocenters. The lowest BCUT2D eigenvalue weighted by atomic mass is 10.2. The highest BCUT2D eigenvalue weighted by Crippen LogP contribution is 2.40. The number of carbonyl (C=O) groups is 1. The van der Waals surface area contributed by atoms with E-state index in [1.165, 1.54) is 0 Å². The quantitative estimate of drug-likeness (QED) is 0.772. The topological polar surface area (TPSA) is 115 Å². The van der Waals surface area contributed by atoms with Crippen LogP contribution < -0.4 is 16.8 Å². The Morgan fingerprint density at radius 3 is 2.42 bits per heavy atom. The molecule has 8 heteroatoms. The Kier molecular flexibility index (Phi) is 3.73. The van der Waals surface area contributed by atoms with Gasteiger partial charge in [0.15, 0.2) is 9.84 Å². The molecule has 106 valence electrons. The molecule has 1 aliphatic carbocycles. The molecular formula is C11H17N3O3S2. The van der Waals surface area contributed by atoms with Gasteiger partial charge in [0.25, 0.3) is 5.91 Å². The first-order valence-corrected chi connectivity index (χ1v) is 8.70. The third-order valence-electron chi connectivity index (χ3n) is 3.18. The van der Waals surface area contributed by atoms with Crippen LogP contribution in [-0.2, 0) is 9.84 Å². The maximum absolute atomic E-state index is 11.8. The number of sulfone groups is 1. The molecule has 2 rings (SSSR count). The van der Waals surface area contributed by atoms with Crippen LogP contribution in [0.15, 0.2) is 4.90 Å². The van der Waals surface area contributed by atoms with E-state index in [4.69, 9.17) is 11.5 Å². The third kappa shape index (κ3) is 2.84. The van der Waals surface area contributed by atoms with E-state index in [9.17, 15) is 13.2 Å². The normalized spacial score (nSPS) is 16.7. The molecule has 1 amide bonds. The molecule has 0 saturated heterocycles. The number of rotatable bonds is 4. The molecule has 0 atom stereocenters. The number of hydrogen-bond acceptors (Lipinski definition) is 6. The zero-order chi connectivity index (χ0) is 14.2. The Morgan fingerprint density at radius 1 is 1.37 bits per heavy atom. The SMILES string of the molecule is CS(=O)(=O)c1c(NC2CCCC2)sc(C(N)=O)c1N. The monoisotopic (exact) mass is 303 g/mol. The highest BCUT2D eigenvalue weighted by Gasteiger charge is 2.28. The molecular weight excluding hydrogens is 286 g/mol. The van der Waals surface area contributed by atoms with E-state index in [0.717, 1.165) is 43.3 Å². The molecule has 1 fully saturated rings. The van der Waals surface area contributed by atoms with Crippen LogP contribution in [0, 0.1) is 0 Å². The predicted octanol–water partition coefficient (Wildman–Crippen LogP) is 1.19. The van der Waals surface area contributed by atoms with Crippen molar-refractivity contribution in [1.29, 1.82) is 0 Å². The zero-order valence-electron chi connectivity index (χ0n) is 10.6. The van der Waals surface area contributed by atoms with Gasteiger partial charge in [-0.2, -0.15) is 0 Å². The van der Waals surface area contributed by atoms with Crippen molar-refractivity contribution in [2.75, 3.05) is 17.3 Å². The summed E-state index contributed by atoms with van der Waals surface area (Å²) in [7, 11) is -3.50. The average Bonchev–Trinajstić information content (AvgIpc) is 2.85. The van der Waals surface area contributed by atoms with Gasteiger partial charge in [0.05, 0.1) is 5.69 Å². The molecule has 1 saturated carbocycles. The fourth-order valence-corrected chi connectivity index (χ4v) is 4.82. The fourth-order valence-electron chi connectivity index (χ4n) is 2.33. The van der Waals surface area contributed by atoms with Gasteiger partial charge >= 0.3 is 0 Å². The molecule has 0 aromatic carbocycles. The van der Waals surface area contributed by atoms with Gasteiger partial charge in [0.1, 0.15) is 14.8 Å². The molecule has 5 N–H and O–H groups in total. The van der Waals surface area contributed by atoms with Crippen molar-refractivity contribution in [1.82, 2.24) is 0 Å². The lowest BCUT2D eigenvalue weighted by Crippen LogP contribution is -2.15. The summed E-state index contributed by atoms with van der Waals surface area (Å²) in [5, 5.41) is 3.61. The van der Waals surface area contributed by atoms with Gasteiger partial charge in [0, 0.05) is 12.3 Å². The summed E-state index contributed by atoms with van der Waals surface area (Å²) < 4.78 is 23.6. The van der Waals surface area contributed by atoms with Crippen LogP contribution in [0.25, 0.3) is 0 Å². The van der Waals surface area contributed by atoms with Crippen LogP contribution in [0.1, 0.15) is 35.4 Å². The summed E-state index contributed by atoms with van der Waals surface area (Å²) in [5.74, 6) is -0.702. The van der Waals surface area contributed by atoms with E-state index in [0.29, 0.717) is 5.00 Å². The summed E-state index contributed by atoms with van der Waals surface area (Å²) in [4.78, 5) is 11.4. The van der Waals surface area contributed by atoms with Crippen molar-refractivity contribution in [3.8, 4) is 0 Å². The minimum atomic E-state index is -3.50. The molecule has 0 bridgehead atoms. The molecule has 1 heterocycles. The Balaban J connectivity index is 2.46. The minimum absolute atomic E-state index is 0.00167. The largest absolute Gasteiger partial charge is 0.396 e. The van der Waals surface area contributed by atoms with Crippen molar-refractivity contribution >= 4 is 37.8 Å². The second-order valence-corrected chi connectivity index (χ2v) is 7.74. The zero-order valence-corrected chi connectivity index (χ0v) is 12.2. The van der Waals surface area contributed by atoms with E-state index in [1.807, 2.05) is 0 Å². The molecule has 1 aliphatic rings. The molecule has 0 spiro atoms. The lowest BCUT2D eigenvalue weighted by Gasteiger charge is -2.13. The van der Waals surface area contributed by atoms with Crippen LogP contribution in [-0.4, -0.2) is 26.6 Å². The van der Waals surface area contributed by atoms with Gasteiger partial charge in [-0.3, -0.25) is 4.79 Å². The first-order valence-electron chi connectivity index (χ1n) is 5.99. The van der Waals surface area contributed by atoms with Crippen LogP contribution >= 0.6 is 11.3 Å². The maximum atomic E-state index is 11.8. The number of nitrogen functional groups attached to an aromatic ring is 1. The van der Waals surface area contributed by atoms with Gasteiger partial charge < -0.3 is 16.8 Å². The van der Waals surface area contributed by atoms with Gasteiger partial charge in [-0.15, -0.1) is 11.3 Å². The van der Waals surface area contributed by atoms with Crippen LogP contribution in [0.2, 0.25) is 0 Å². The number of anilines is 2. The number of nitrogens with one attached hydrogen (secondary N) is 1. The molecule has 1 aromatic heterocycles. The summed E-state index contributed by atoms with van der Waals surface area (Å²) in [5.41, 5.74) is 10.9. The molecule has 19 heavy (non-hydrogen) atoms. The second-order valence-electron chi connectivity index (χ2n) is 4.77. The molecule has 0 aliphatic heterocycles. The summed E-state index contributed by atoms with van der Waals surface area (Å²) in [6.07, 6.45) is 5.31. The lowest BCUT2D eigenvalue weighted by molar-refractivity contribution is 0.100. The highest BCUT2D eigenvalue weighted by molar-refractivity contribution is 7.91. The number of amides is 1. The minimum Gasteiger partial charge on any atom is -0.396 e.